The number of rotatable bonds is 13. The van der Waals surface area contributed by atoms with Gasteiger partial charge in [0.2, 0.25) is 0 Å². The Bertz CT molecular complexity index is 4880. The molecule has 139 heavy (non-hydrogen) atoms. The SMILES string of the molecule is C1=CC2C=CC1C2.C1=CC2CC1C1CCC3C4C=CC(C4)C3CCC21.C1=CC2CC1c1ccccc12.C1=CC2CCC1C2.CC1C2C=CC(C2)C1C.CC1CC2CC1C1C3C=CC(C3)C21.CNCC1C2C=CC(C2)C1CNC.COCCCCCOCC1CC2C=CC1C2.C[Si](C)(C)C1CC2C=CC1C2.N#CC1CC2C=CC1C2.O=C1C=CC(=O)C2=C1C1C=CC2C1.O=C1OC(=O)C2C3C=CC(C3)C12. The van der Waals surface area contributed by atoms with Crippen LogP contribution in [0.1, 0.15) is 217 Å². The van der Waals surface area contributed by atoms with Crippen molar-refractivity contribution >= 4 is 31.6 Å². The molecule has 31 aliphatic rings. The standard InChI is InChI=1S/C18H24.C14H24O2.C13H18.C11H20N2.C11H8O2.C11H10.C10H18Si.C9H8O3.C9H14.C8H9N.C7H10.C7H8/c1-2-12-9-11(1)15-5-6-17-13-3-4-14(10-13)18(17)8-7-16(12)15;1-15-7-3-2-4-8-16-11-14-10-12-5-6-13(14)9-12;1-7-4-10-6-11(7)13-9-3-2-8(5-9)12(10)13;1-12-6-10-8-3-4-9(5-8)11(10)7-13-2;12-8-3-4-9(13)11-7-2-1-6(5-7)10(8)11;1-2-4-11-9-6-5-8(7-9)10(11)3-1;1-11(2,3)10-7-8-4-5-9(10)6-8;10-8-6-4-1-2-5(3-4)7(6)9(11)12-8;1-6-7(2)9-4-3-8(6)5-9;9-5-8-4-6-1-2-7(8)3-6;2*1-2-7-4-3-6(1)5-7/h1-4,11-18H,5-10H2;5-6,12-14H,2-4,7-11H2,1H3;2-3,7-13H,4-6H2,1H3;3-4,8-13H,5-7H2,1-2H3;1-4,6-7H,5H2;1-6,8-9H,7H2;4-5,8-10H,6-7H2,1-3H3;1-2,4-7H,3H2;3-4,6-9H,5H2,1-2H3;1-2,6-8H,3-4H2;1-2,6-7H,3-5H2;1-4,6-7H,5H2. The molecule has 28 bridgehead atoms. The summed E-state index contributed by atoms with van der Waals surface area (Å²) < 4.78 is 15.4. The van der Waals surface area contributed by atoms with E-state index >= 15 is 0 Å². The molecule has 10 nitrogen and oxygen atoms in total. The van der Waals surface area contributed by atoms with Crippen molar-refractivity contribution in [3.8, 4) is 6.07 Å². The Morgan fingerprint density at radius 3 is 1.23 bits per heavy atom. The molecule has 11 heteroatoms. The van der Waals surface area contributed by atoms with Crippen LogP contribution < -0.4 is 10.6 Å². The molecule has 0 spiro atoms. The van der Waals surface area contributed by atoms with Crippen LogP contribution in [0.2, 0.25) is 25.2 Å². The van der Waals surface area contributed by atoms with Crippen LogP contribution in [0.4, 0.5) is 0 Å². The van der Waals surface area contributed by atoms with E-state index in [2.05, 4.69) is 246 Å². The van der Waals surface area contributed by atoms with Crippen LogP contribution in [0.5, 0.6) is 0 Å². The molecule has 0 amide bonds. The number of nitriles is 1. The van der Waals surface area contributed by atoms with E-state index < -0.39 is 8.07 Å². The molecule has 42 atom stereocenters. The topological polar surface area (TPSA) is 144 Å². The maximum atomic E-state index is 11.5. The molecular formula is C128H171N3O7Si. The highest BCUT2D eigenvalue weighted by Gasteiger charge is 2.61. The highest BCUT2D eigenvalue weighted by atomic mass is 28.3. The fourth-order valence-electron chi connectivity index (χ4n) is 35.5. The lowest BCUT2D eigenvalue weighted by Gasteiger charge is -2.37. The van der Waals surface area contributed by atoms with Gasteiger partial charge in [-0.15, -0.1) is 0 Å². The number of esters is 2. The van der Waals surface area contributed by atoms with E-state index in [4.69, 9.17) is 14.7 Å². The van der Waals surface area contributed by atoms with Crippen LogP contribution in [-0.4, -0.2) is 85.7 Å². The van der Waals surface area contributed by atoms with Gasteiger partial charge in [-0.05, 0) is 442 Å². The Kier molecular flexibility index (Phi) is 30.4. The van der Waals surface area contributed by atoms with Crippen LogP contribution in [0.3, 0.4) is 0 Å². The molecule has 30 aliphatic carbocycles. The normalized spacial score (nSPS) is 45.6. The van der Waals surface area contributed by atoms with Crippen LogP contribution in [0.15, 0.2) is 218 Å². The fourth-order valence-corrected chi connectivity index (χ4v) is 38.1. The number of nitrogens with zero attached hydrogens (tertiary/aromatic N) is 1. The van der Waals surface area contributed by atoms with E-state index in [9.17, 15) is 19.2 Å². The van der Waals surface area contributed by atoms with Crippen molar-refractivity contribution in [1.29, 1.82) is 5.26 Å². The Hall–Kier alpha value is -6.91. The van der Waals surface area contributed by atoms with Gasteiger partial charge < -0.3 is 24.8 Å². The van der Waals surface area contributed by atoms with Crippen molar-refractivity contribution in [3.05, 3.63) is 229 Å². The van der Waals surface area contributed by atoms with E-state index in [1.165, 1.54) is 134 Å². The molecule has 32 rings (SSSR count). The maximum absolute atomic E-state index is 11.5. The highest BCUT2D eigenvalue weighted by molar-refractivity contribution is 6.77. The van der Waals surface area contributed by atoms with E-state index in [0.29, 0.717) is 11.8 Å². The van der Waals surface area contributed by atoms with Gasteiger partial charge in [-0.3, -0.25) is 19.2 Å². The minimum absolute atomic E-state index is 0.0338. The molecule has 1 aromatic carbocycles. The van der Waals surface area contributed by atoms with Crippen molar-refractivity contribution in [2.45, 2.75) is 231 Å². The van der Waals surface area contributed by atoms with Gasteiger partial charge in [0.25, 0.3) is 0 Å². The molecule has 1 aromatic rings. The molecule has 1 heterocycles. The first-order valence-corrected chi connectivity index (χ1v) is 60.9. The number of ether oxygens (including phenoxy) is 3. The zero-order valence-corrected chi connectivity index (χ0v) is 87.0. The van der Waals surface area contributed by atoms with Crippen molar-refractivity contribution < 1.29 is 33.4 Å². The molecule has 42 unspecified atom stereocenters. The van der Waals surface area contributed by atoms with E-state index in [-0.39, 0.29) is 59.0 Å². The molecule has 13 saturated carbocycles. The molecule has 0 radical (unpaired) electrons. The zero-order valence-electron chi connectivity index (χ0n) is 86.0. The average molecular weight is 1890 g/mol. The van der Waals surface area contributed by atoms with Gasteiger partial charge in [-0.25, -0.2) is 0 Å². The van der Waals surface area contributed by atoms with Crippen molar-refractivity contribution in [2.75, 3.05) is 54.1 Å². The third-order valence-electron chi connectivity index (χ3n) is 42.6. The Morgan fingerprint density at radius 2 is 0.813 bits per heavy atom. The van der Waals surface area contributed by atoms with Gasteiger partial charge in [0, 0.05) is 69.8 Å². The molecule has 1 saturated heterocycles. The molecule has 744 valence electrons. The quantitative estimate of drug-likeness (QED) is 0.0373. The molecule has 2 N–H and O–H groups in total. The molecule has 0 aromatic heterocycles. The summed E-state index contributed by atoms with van der Waals surface area (Å²) in [5, 5.41) is 15.2. The van der Waals surface area contributed by atoms with Crippen molar-refractivity contribution in [2.24, 2.45) is 243 Å². The van der Waals surface area contributed by atoms with Gasteiger partial charge in [0.05, 0.1) is 23.8 Å². The zero-order chi connectivity index (χ0) is 95.4. The van der Waals surface area contributed by atoms with Crippen molar-refractivity contribution in [1.82, 2.24) is 10.6 Å². The summed E-state index contributed by atoms with van der Waals surface area (Å²) in [5.74, 6) is 34.5. The lowest BCUT2D eigenvalue weighted by Crippen LogP contribution is -2.34. The lowest BCUT2D eigenvalue weighted by atomic mass is 9.68. The fraction of sp³-hybridized carbons (Fsp3) is 0.664. The first-order valence-electron chi connectivity index (χ1n) is 57.3. The summed E-state index contributed by atoms with van der Waals surface area (Å²) in [6.07, 6.45) is 106. The van der Waals surface area contributed by atoms with Gasteiger partial charge in [-0.2, -0.15) is 5.26 Å². The first-order chi connectivity index (χ1) is 67.7. The Morgan fingerprint density at radius 1 is 0.381 bits per heavy atom. The smallest absolute Gasteiger partial charge is 0.318 e. The van der Waals surface area contributed by atoms with Gasteiger partial charge >= 0.3 is 11.9 Å². The van der Waals surface area contributed by atoms with Crippen molar-refractivity contribution in [3.63, 3.8) is 0 Å². The van der Waals surface area contributed by atoms with E-state index in [0.717, 1.165) is 269 Å². The molecule has 1 aliphatic heterocycles. The predicted molar refractivity (Wildman–Crippen MR) is 565 cm³/mol. The number of ketones is 2. The summed E-state index contributed by atoms with van der Waals surface area (Å²) in [4.78, 5) is 45.3. The van der Waals surface area contributed by atoms with E-state index in [1.54, 1.807) is 56.8 Å². The first kappa shape index (κ1) is 98.1. The second-order valence-electron chi connectivity index (χ2n) is 51.2. The van der Waals surface area contributed by atoms with Gasteiger partial charge in [0.15, 0.2) is 11.6 Å². The minimum atomic E-state index is -0.829. The highest BCUT2D eigenvalue weighted by Crippen LogP contribution is 2.68. The number of nitrogens with one attached hydrogen (secondary N) is 2. The third kappa shape index (κ3) is 20.7. The number of carbonyl (C=O) groups is 4. The summed E-state index contributed by atoms with van der Waals surface area (Å²) >= 11 is 0. The number of allylic oxidation sites excluding steroid dienone is 32. The van der Waals surface area contributed by atoms with Gasteiger partial charge in [-0.1, -0.05) is 235 Å². The molecular weight excluding hydrogens is 1720 g/mol. The minimum Gasteiger partial charge on any atom is -0.393 e. The number of fused-ring (bicyclic) bond motifs is 47. The largest absolute Gasteiger partial charge is 0.393 e. The van der Waals surface area contributed by atoms with Crippen LogP contribution in [0.25, 0.3) is 0 Å². The summed E-state index contributed by atoms with van der Waals surface area (Å²) in [6.45, 7) is 20.0. The van der Waals surface area contributed by atoms with Gasteiger partial charge in [0.1, 0.15) is 0 Å². The predicted octanol–water partition coefficient (Wildman–Crippen LogP) is 27.2. The summed E-state index contributed by atoms with van der Waals surface area (Å²) in [6, 6.07) is 11.2. The number of hydrogen-bond acceptors (Lipinski definition) is 10. The number of methoxy groups -OCH3 is 1. The number of benzene rings is 1. The number of carbonyl (C=O) groups excluding carboxylic acids is 4. The van der Waals surface area contributed by atoms with E-state index in [1.807, 2.05) is 24.3 Å². The number of hydrogen-bond donors (Lipinski definition) is 2. The summed E-state index contributed by atoms with van der Waals surface area (Å²) in [7, 11) is 5.06. The van der Waals surface area contributed by atoms with Crippen LogP contribution in [0, 0.1) is 254 Å². The second-order valence-corrected chi connectivity index (χ2v) is 56.6. The Labute approximate surface area is 838 Å². The second kappa shape index (κ2) is 43.0. The monoisotopic (exact) mass is 1890 g/mol. The Balaban J connectivity index is 0.0000000909. The third-order valence-corrected chi connectivity index (χ3v) is 45.5. The number of unbranched alkanes of at least 4 members (excludes halogenated alkanes) is 2. The summed E-state index contributed by atoms with van der Waals surface area (Å²) in [5.41, 5.74) is 5.76. The average Bonchev–Trinajstić information content (AvgIpc) is 1.55. The van der Waals surface area contributed by atoms with Crippen LogP contribution in [-0.2, 0) is 33.4 Å². The molecule has 14 fully saturated rings. The maximum Gasteiger partial charge on any atom is 0.318 e. The van der Waals surface area contributed by atoms with Crippen LogP contribution >= 0.6 is 0 Å². The lowest BCUT2D eigenvalue weighted by molar-refractivity contribution is -0.154. The number of cyclic esters (lactones) is 2.